The van der Waals surface area contributed by atoms with Gasteiger partial charge in [0.15, 0.2) is 5.96 Å². The molecule has 0 amide bonds. The van der Waals surface area contributed by atoms with E-state index in [0.717, 1.165) is 23.6 Å². The molecule has 2 unspecified atom stereocenters. The topological polar surface area (TPSA) is 63.2 Å². The first-order valence-electron chi connectivity index (χ1n) is 9.15. The Morgan fingerprint density at radius 2 is 1.93 bits per heavy atom. The van der Waals surface area contributed by atoms with Crippen LogP contribution in [0.2, 0.25) is 0 Å². The predicted molar refractivity (Wildman–Crippen MR) is 107 cm³/mol. The summed E-state index contributed by atoms with van der Waals surface area (Å²) in [6.07, 6.45) is 0. The smallest absolute Gasteiger partial charge is 0.310 e. The Morgan fingerprint density at radius 3 is 2.63 bits per heavy atom. The van der Waals surface area contributed by atoms with Crippen LogP contribution in [0.5, 0.6) is 5.75 Å². The number of benzene rings is 2. The summed E-state index contributed by atoms with van der Waals surface area (Å²) in [4.78, 5) is 18.4. The Labute approximate surface area is 160 Å². The Morgan fingerprint density at radius 1 is 1.19 bits per heavy atom. The lowest BCUT2D eigenvalue weighted by molar-refractivity contribution is -0.145. The number of fused-ring (bicyclic) bond motifs is 1. The Balaban J connectivity index is 1.66. The van der Waals surface area contributed by atoms with E-state index in [2.05, 4.69) is 46.4 Å². The van der Waals surface area contributed by atoms with Gasteiger partial charge in [0.25, 0.3) is 0 Å². The summed E-state index contributed by atoms with van der Waals surface area (Å²) in [5, 5.41) is 5.73. The summed E-state index contributed by atoms with van der Waals surface area (Å²) >= 11 is 0. The van der Waals surface area contributed by atoms with E-state index in [0.29, 0.717) is 13.1 Å². The van der Waals surface area contributed by atoms with E-state index in [-0.39, 0.29) is 17.8 Å². The van der Waals surface area contributed by atoms with Crippen molar-refractivity contribution in [2.24, 2.45) is 16.8 Å². The van der Waals surface area contributed by atoms with Crippen LogP contribution in [0.3, 0.4) is 0 Å². The molecule has 1 aliphatic rings. The zero-order valence-corrected chi connectivity index (χ0v) is 16.4. The molecule has 1 aliphatic heterocycles. The van der Waals surface area contributed by atoms with Crippen LogP contribution in [-0.4, -0.2) is 51.2 Å². The van der Waals surface area contributed by atoms with Gasteiger partial charge in [0.1, 0.15) is 5.75 Å². The van der Waals surface area contributed by atoms with E-state index in [9.17, 15) is 4.79 Å². The Bertz CT molecular complexity index is 850. The number of ether oxygens (including phenoxy) is 2. The standard InChI is InChI=1S/C21H27N3O3/c1-14-12-24(13-19(14)20(25)27-4)21(22-2)23-11-15-5-6-17-10-18(26-3)8-7-16(17)9-15/h5-10,14,19H,11-13H2,1-4H3,(H,22,23). The third-order valence-electron chi connectivity index (χ3n) is 5.19. The number of aliphatic imine (C=N–C) groups is 1. The molecule has 6 nitrogen and oxygen atoms in total. The van der Waals surface area contributed by atoms with Crippen LogP contribution < -0.4 is 10.1 Å². The van der Waals surface area contributed by atoms with E-state index in [1.54, 1.807) is 14.2 Å². The largest absolute Gasteiger partial charge is 0.497 e. The number of rotatable bonds is 4. The van der Waals surface area contributed by atoms with Crippen LogP contribution in [-0.2, 0) is 16.1 Å². The van der Waals surface area contributed by atoms with Gasteiger partial charge in [-0.25, -0.2) is 0 Å². The van der Waals surface area contributed by atoms with E-state index < -0.39 is 0 Å². The number of likely N-dealkylation sites (tertiary alicyclic amines) is 1. The van der Waals surface area contributed by atoms with Gasteiger partial charge in [0.05, 0.1) is 20.1 Å². The molecule has 1 N–H and O–H groups in total. The second kappa shape index (κ2) is 8.29. The second-order valence-electron chi connectivity index (χ2n) is 6.96. The highest BCUT2D eigenvalue weighted by Crippen LogP contribution is 2.24. The summed E-state index contributed by atoms with van der Waals surface area (Å²) in [5.74, 6) is 1.65. The minimum absolute atomic E-state index is 0.107. The minimum atomic E-state index is -0.148. The summed E-state index contributed by atoms with van der Waals surface area (Å²) in [5.41, 5.74) is 1.17. The third kappa shape index (κ3) is 4.15. The zero-order valence-electron chi connectivity index (χ0n) is 16.4. The van der Waals surface area contributed by atoms with Crippen LogP contribution in [0.15, 0.2) is 41.4 Å². The predicted octanol–water partition coefficient (Wildman–Crippen LogP) is 2.66. The van der Waals surface area contributed by atoms with Crippen LogP contribution in [0, 0.1) is 11.8 Å². The fraction of sp³-hybridized carbons (Fsp3) is 0.429. The van der Waals surface area contributed by atoms with Crippen molar-refractivity contribution in [3.8, 4) is 5.75 Å². The van der Waals surface area contributed by atoms with Gasteiger partial charge in [0.2, 0.25) is 0 Å². The molecular formula is C21H27N3O3. The highest BCUT2D eigenvalue weighted by atomic mass is 16.5. The normalized spacial score (nSPS) is 20.0. The molecule has 6 heteroatoms. The molecule has 0 spiro atoms. The number of methoxy groups -OCH3 is 2. The molecular weight excluding hydrogens is 342 g/mol. The van der Waals surface area contributed by atoms with Crippen LogP contribution in [0.1, 0.15) is 12.5 Å². The van der Waals surface area contributed by atoms with E-state index in [1.807, 2.05) is 12.1 Å². The number of nitrogens with one attached hydrogen (secondary N) is 1. The first-order chi connectivity index (χ1) is 13.0. The van der Waals surface area contributed by atoms with Crippen molar-refractivity contribution in [1.29, 1.82) is 0 Å². The molecule has 1 saturated heterocycles. The number of nitrogens with zero attached hydrogens (tertiary/aromatic N) is 2. The molecule has 2 aromatic rings. The van der Waals surface area contributed by atoms with Crippen molar-refractivity contribution in [3.05, 3.63) is 42.0 Å². The number of hydrogen-bond donors (Lipinski definition) is 1. The highest BCUT2D eigenvalue weighted by molar-refractivity contribution is 5.85. The average molecular weight is 369 g/mol. The molecule has 1 fully saturated rings. The van der Waals surface area contributed by atoms with Crippen molar-refractivity contribution >= 4 is 22.7 Å². The Kier molecular flexibility index (Phi) is 5.84. The first kappa shape index (κ1) is 19.0. The van der Waals surface area contributed by atoms with E-state index in [1.165, 1.54) is 18.1 Å². The maximum Gasteiger partial charge on any atom is 0.310 e. The van der Waals surface area contributed by atoms with Gasteiger partial charge in [-0.05, 0) is 40.5 Å². The van der Waals surface area contributed by atoms with Crippen LogP contribution in [0.25, 0.3) is 10.8 Å². The first-order valence-corrected chi connectivity index (χ1v) is 9.15. The summed E-state index contributed by atoms with van der Waals surface area (Å²) in [6.45, 7) is 4.16. The van der Waals surface area contributed by atoms with Gasteiger partial charge in [-0.3, -0.25) is 9.79 Å². The second-order valence-corrected chi connectivity index (χ2v) is 6.96. The maximum absolute atomic E-state index is 11.9. The van der Waals surface area contributed by atoms with Crippen molar-refractivity contribution < 1.29 is 14.3 Å². The number of guanidine groups is 1. The molecule has 0 aromatic heterocycles. The minimum Gasteiger partial charge on any atom is -0.497 e. The number of esters is 1. The molecule has 2 atom stereocenters. The van der Waals surface area contributed by atoms with Gasteiger partial charge >= 0.3 is 5.97 Å². The quantitative estimate of drug-likeness (QED) is 0.510. The van der Waals surface area contributed by atoms with E-state index >= 15 is 0 Å². The summed E-state index contributed by atoms with van der Waals surface area (Å²) in [6, 6.07) is 12.4. The lowest BCUT2D eigenvalue weighted by atomic mass is 9.99. The van der Waals surface area contributed by atoms with E-state index in [4.69, 9.17) is 9.47 Å². The molecule has 0 saturated carbocycles. The van der Waals surface area contributed by atoms with Gasteiger partial charge in [-0.1, -0.05) is 25.1 Å². The Hall–Kier alpha value is -2.76. The number of carbonyl (C=O) groups excluding carboxylic acids is 1. The van der Waals surface area contributed by atoms with Gasteiger partial charge in [-0.15, -0.1) is 0 Å². The third-order valence-corrected chi connectivity index (χ3v) is 5.19. The molecule has 144 valence electrons. The average Bonchev–Trinajstić information content (AvgIpc) is 3.08. The molecule has 0 bridgehead atoms. The molecule has 0 aliphatic carbocycles. The molecule has 1 heterocycles. The van der Waals surface area contributed by atoms with Crippen molar-refractivity contribution in [1.82, 2.24) is 10.2 Å². The highest BCUT2D eigenvalue weighted by Gasteiger charge is 2.36. The lowest BCUT2D eigenvalue weighted by Gasteiger charge is -2.21. The van der Waals surface area contributed by atoms with Gasteiger partial charge in [-0.2, -0.15) is 0 Å². The monoisotopic (exact) mass is 369 g/mol. The molecule has 0 radical (unpaired) electrons. The maximum atomic E-state index is 11.9. The lowest BCUT2D eigenvalue weighted by Crippen LogP contribution is -2.40. The van der Waals surface area contributed by atoms with Crippen molar-refractivity contribution in [2.45, 2.75) is 13.5 Å². The van der Waals surface area contributed by atoms with Crippen LogP contribution >= 0.6 is 0 Å². The molecule has 2 aromatic carbocycles. The van der Waals surface area contributed by atoms with Crippen LogP contribution in [0.4, 0.5) is 0 Å². The fourth-order valence-corrected chi connectivity index (χ4v) is 3.62. The van der Waals surface area contributed by atoms with Gasteiger partial charge in [0, 0.05) is 26.7 Å². The summed E-state index contributed by atoms with van der Waals surface area (Å²) < 4.78 is 10.2. The van der Waals surface area contributed by atoms with Crippen molar-refractivity contribution in [3.63, 3.8) is 0 Å². The molecule has 27 heavy (non-hydrogen) atoms. The number of hydrogen-bond acceptors (Lipinski definition) is 4. The SMILES string of the molecule is CN=C(NCc1ccc2cc(OC)ccc2c1)N1CC(C)C(C(=O)OC)C1. The van der Waals surface area contributed by atoms with Gasteiger partial charge < -0.3 is 19.7 Å². The fourth-order valence-electron chi connectivity index (χ4n) is 3.62. The van der Waals surface area contributed by atoms with Crippen molar-refractivity contribution in [2.75, 3.05) is 34.4 Å². The zero-order chi connectivity index (χ0) is 19.4. The summed E-state index contributed by atoms with van der Waals surface area (Å²) in [7, 11) is 4.89. The molecule has 3 rings (SSSR count). The number of carbonyl (C=O) groups is 1.